The molecule has 1 aromatic rings. The van der Waals surface area contributed by atoms with Crippen molar-refractivity contribution < 1.29 is 13.2 Å². The third kappa shape index (κ3) is 3.37. The monoisotopic (exact) mass is 296 g/mol. The van der Waals surface area contributed by atoms with Gasteiger partial charge in [0, 0.05) is 14.1 Å². The van der Waals surface area contributed by atoms with E-state index in [1.807, 2.05) is 6.07 Å². The molecule has 2 rings (SSSR count). The van der Waals surface area contributed by atoms with Gasteiger partial charge in [-0.15, -0.1) is 0 Å². The highest BCUT2D eigenvalue weighted by Crippen LogP contribution is 2.23. The highest BCUT2D eigenvalue weighted by molar-refractivity contribution is 7.89. The Kier molecular flexibility index (Phi) is 4.45. The van der Waals surface area contributed by atoms with E-state index in [1.165, 1.54) is 10.5 Å². The van der Waals surface area contributed by atoms with E-state index < -0.39 is 10.0 Å². The molecule has 1 amide bonds. The Morgan fingerprint density at radius 1 is 1.20 bits per heavy atom. The Morgan fingerprint density at radius 3 is 2.50 bits per heavy atom. The maximum atomic E-state index is 12.2. The molecule has 0 bridgehead atoms. The lowest BCUT2D eigenvalue weighted by molar-refractivity contribution is -0.127. The van der Waals surface area contributed by atoms with Gasteiger partial charge in [0.15, 0.2) is 0 Å². The minimum atomic E-state index is -3.62. The van der Waals surface area contributed by atoms with Gasteiger partial charge in [-0.2, -0.15) is 0 Å². The summed E-state index contributed by atoms with van der Waals surface area (Å²) in [6, 6.07) is 5.24. The number of sulfonamides is 1. The molecule has 0 radical (unpaired) electrons. The number of nitrogens with one attached hydrogen (secondary N) is 1. The zero-order chi connectivity index (χ0) is 14.8. The predicted octanol–water partition coefficient (Wildman–Crippen LogP) is 0.932. The second-order valence-electron chi connectivity index (χ2n) is 5.25. The van der Waals surface area contributed by atoms with E-state index in [0.29, 0.717) is 0 Å². The minimum absolute atomic E-state index is 0.216. The molecule has 0 aliphatic heterocycles. The van der Waals surface area contributed by atoms with Crippen molar-refractivity contribution in [3.63, 3.8) is 0 Å². The van der Waals surface area contributed by atoms with Crippen LogP contribution in [-0.2, 0) is 27.7 Å². The average Bonchev–Trinajstić information content (AvgIpc) is 2.44. The normalized spacial score (nSPS) is 14.7. The molecule has 5 nitrogen and oxygen atoms in total. The van der Waals surface area contributed by atoms with E-state index in [1.54, 1.807) is 26.2 Å². The SMILES string of the molecule is CN(C)C(=O)CNS(=O)(=O)c1ccc2c(c1)CCCC2. The first-order valence-electron chi connectivity index (χ1n) is 6.72. The molecule has 0 heterocycles. The summed E-state index contributed by atoms with van der Waals surface area (Å²) in [4.78, 5) is 13.0. The molecule has 0 fully saturated rings. The third-order valence-corrected chi connectivity index (χ3v) is 4.94. The molecule has 0 unspecified atom stereocenters. The van der Waals surface area contributed by atoms with Crippen LogP contribution in [0.15, 0.2) is 23.1 Å². The van der Waals surface area contributed by atoms with Crippen molar-refractivity contribution in [1.29, 1.82) is 0 Å². The fraction of sp³-hybridized carbons (Fsp3) is 0.500. The van der Waals surface area contributed by atoms with Crippen LogP contribution in [0, 0.1) is 0 Å². The smallest absolute Gasteiger partial charge is 0.241 e. The molecule has 0 saturated carbocycles. The maximum Gasteiger partial charge on any atom is 0.241 e. The number of carbonyl (C=O) groups is 1. The number of hydrogen-bond acceptors (Lipinski definition) is 3. The summed E-state index contributed by atoms with van der Waals surface area (Å²) in [5, 5.41) is 0. The van der Waals surface area contributed by atoms with Crippen molar-refractivity contribution in [2.24, 2.45) is 0 Å². The van der Waals surface area contributed by atoms with Crippen molar-refractivity contribution in [1.82, 2.24) is 9.62 Å². The lowest BCUT2D eigenvalue weighted by Crippen LogP contribution is -2.36. The van der Waals surface area contributed by atoms with Crippen LogP contribution in [0.25, 0.3) is 0 Å². The highest BCUT2D eigenvalue weighted by Gasteiger charge is 2.18. The van der Waals surface area contributed by atoms with Crippen LogP contribution in [-0.4, -0.2) is 39.9 Å². The van der Waals surface area contributed by atoms with Gasteiger partial charge in [-0.05, 0) is 48.9 Å². The van der Waals surface area contributed by atoms with Crippen molar-refractivity contribution >= 4 is 15.9 Å². The van der Waals surface area contributed by atoms with Crippen molar-refractivity contribution in [3.05, 3.63) is 29.3 Å². The highest BCUT2D eigenvalue weighted by atomic mass is 32.2. The standard InChI is InChI=1S/C14H20N2O3S/c1-16(2)14(17)10-15-20(18,19)13-8-7-11-5-3-4-6-12(11)9-13/h7-9,15H,3-6,10H2,1-2H3. The number of carbonyl (C=O) groups excluding carboxylic acids is 1. The molecule has 0 aromatic heterocycles. The summed E-state index contributed by atoms with van der Waals surface area (Å²) in [5.74, 6) is -0.272. The Morgan fingerprint density at radius 2 is 1.85 bits per heavy atom. The van der Waals surface area contributed by atoms with E-state index in [0.717, 1.165) is 31.2 Å². The molecule has 1 N–H and O–H groups in total. The van der Waals surface area contributed by atoms with Crippen molar-refractivity contribution in [2.75, 3.05) is 20.6 Å². The van der Waals surface area contributed by atoms with Gasteiger partial charge in [0.05, 0.1) is 11.4 Å². The number of likely N-dealkylation sites (N-methyl/N-ethyl adjacent to an activating group) is 1. The summed E-state index contributed by atoms with van der Waals surface area (Å²) >= 11 is 0. The van der Waals surface area contributed by atoms with Crippen molar-refractivity contribution in [2.45, 2.75) is 30.6 Å². The predicted molar refractivity (Wildman–Crippen MR) is 77.0 cm³/mol. The Labute approximate surface area is 120 Å². The lowest BCUT2D eigenvalue weighted by Gasteiger charge is -2.17. The molecule has 0 saturated heterocycles. The number of hydrogen-bond donors (Lipinski definition) is 1. The molecule has 0 spiro atoms. The fourth-order valence-corrected chi connectivity index (χ4v) is 3.30. The number of benzene rings is 1. The number of amides is 1. The van der Waals surface area contributed by atoms with E-state index >= 15 is 0 Å². The zero-order valence-electron chi connectivity index (χ0n) is 11.8. The van der Waals surface area contributed by atoms with Gasteiger partial charge in [0.25, 0.3) is 0 Å². The van der Waals surface area contributed by atoms with Gasteiger partial charge in [0.2, 0.25) is 15.9 Å². The second-order valence-corrected chi connectivity index (χ2v) is 7.02. The lowest BCUT2D eigenvalue weighted by atomic mass is 9.92. The molecular weight excluding hydrogens is 276 g/mol. The van der Waals surface area contributed by atoms with E-state index in [4.69, 9.17) is 0 Å². The molecule has 6 heteroatoms. The topological polar surface area (TPSA) is 66.5 Å². The van der Waals surface area contributed by atoms with Crippen LogP contribution in [0.3, 0.4) is 0 Å². The summed E-state index contributed by atoms with van der Waals surface area (Å²) in [6.07, 6.45) is 4.20. The maximum absolute atomic E-state index is 12.2. The number of rotatable bonds is 4. The van der Waals surface area contributed by atoms with Crippen molar-refractivity contribution in [3.8, 4) is 0 Å². The first kappa shape index (κ1) is 15.0. The van der Waals surface area contributed by atoms with E-state index in [9.17, 15) is 13.2 Å². The number of fused-ring (bicyclic) bond motifs is 1. The third-order valence-electron chi connectivity index (χ3n) is 3.54. The van der Waals surface area contributed by atoms with E-state index in [2.05, 4.69) is 4.72 Å². The molecular formula is C14H20N2O3S. The first-order valence-corrected chi connectivity index (χ1v) is 8.20. The number of aryl methyl sites for hydroxylation is 2. The van der Waals surface area contributed by atoms with Crippen LogP contribution in [0.4, 0.5) is 0 Å². The van der Waals surface area contributed by atoms with Gasteiger partial charge in [0.1, 0.15) is 0 Å². The Balaban J connectivity index is 2.15. The van der Waals surface area contributed by atoms with Gasteiger partial charge < -0.3 is 4.90 Å². The minimum Gasteiger partial charge on any atom is -0.348 e. The molecule has 0 atom stereocenters. The first-order chi connectivity index (χ1) is 9.40. The Hall–Kier alpha value is -1.40. The summed E-state index contributed by atoms with van der Waals surface area (Å²) < 4.78 is 26.7. The van der Waals surface area contributed by atoms with Gasteiger partial charge in [-0.3, -0.25) is 4.79 Å². The summed E-state index contributed by atoms with van der Waals surface area (Å²) in [5.41, 5.74) is 2.35. The van der Waals surface area contributed by atoms with Gasteiger partial charge in [-0.1, -0.05) is 6.07 Å². The molecule has 1 aliphatic carbocycles. The summed E-state index contributed by atoms with van der Waals surface area (Å²) in [6.45, 7) is -0.216. The zero-order valence-corrected chi connectivity index (χ0v) is 12.7. The number of nitrogens with zero attached hydrogens (tertiary/aromatic N) is 1. The van der Waals surface area contributed by atoms with Crippen LogP contribution in [0.2, 0.25) is 0 Å². The molecule has 1 aromatic carbocycles. The van der Waals surface area contributed by atoms with E-state index in [-0.39, 0.29) is 17.3 Å². The summed E-state index contributed by atoms with van der Waals surface area (Å²) in [7, 11) is -0.434. The average molecular weight is 296 g/mol. The van der Waals surface area contributed by atoms with Gasteiger partial charge in [-0.25, -0.2) is 13.1 Å². The molecule has 1 aliphatic rings. The Bertz CT molecular complexity index is 609. The van der Waals surface area contributed by atoms with Crippen LogP contribution >= 0.6 is 0 Å². The quantitative estimate of drug-likeness (QED) is 0.899. The molecule has 110 valence electrons. The molecule has 20 heavy (non-hydrogen) atoms. The van der Waals surface area contributed by atoms with Crippen LogP contribution < -0.4 is 4.72 Å². The van der Waals surface area contributed by atoms with Crippen LogP contribution in [0.1, 0.15) is 24.0 Å². The van der Waals surface area contributed by atoms with Gasteiger partial charge >= 0.3 is 0 Å². The largest absolute Gasteiger partial charge is 0.348 e. The fourth-order valence-electron chi connectivity index (χ4n) is 2.28. The van der Waals surface area contributed by atoms with Crippen LogP contribution in [0.5, 0.6) is 0 Å². The second kappa shape index (κ2) is 5.93.